The van der Waals surface area contributed by atoms with E-state index in [1.807, 2.05) is 37.6 Å². The van der Waals surface area contributed by atoms with Crippen molar-refractivity contribution < 1.29 is 14.5 Å². The minimum atomic E-state index is 0.481. The van der Waals surface area contributed by atoms with E-state index in [1.54, 1.807) is 0 Å². The summed E-state index contributed by atoms with van der Waals surface area (Å²) < 4.78 is 6.21. The Balaban J connectivity index is 1.60. The van der Waals surface area contributed by atoms with Crippen molar-refractivity contribution in [1.82, 2.24) is 0 Å². The molecule has 3 aromatic carbocycles. The van der Waals surface area contributed by atoms with Crippen LogP contribution in [0.5, 0.6) is 11.5 Å². The average molecular weight is 373 g/mol. The first-order chi connectivity index (χ1) is 13.7. The molecule has 0 aliphatic carbocycles. The maximum Gasteiger partial charge on any atom is 0.155 e. The van der Waals surface area contributed by atoms with Gasteiger partial charge in [0.1, 0.15) is 11.0 Å². The minimum Gasteiger partial charge on any atom is -0.453 e. The van der Waals surface area contributed by atoms with Gasteiger partial charge in [0.2, 0.25) is 0 Å². The Bertz CT molecular complexity index is 1120. The van der Waals surface area contributed by atoms with Crippen molar-refractivity contribution in [1.29, 1.82) is 0 Å². The molecule has 0 amide bonds. The smallest absolute Gasteiger partial charge is 0.155 e. The summed E-state index contributed by atoms with van der Waals surface area (Å²) in [4.78, 5) is 16.5. The zero-order valence-electron chi connectivity index (χ0n) is 16.1. The number of benzene rings is 3. The molecule has 5 nitrogen and oxygen atoms in total. The molecule has 0 N–H and O–H groups in total. The third-order valence-electron chi connectivity index (χ3n) is 4.88. The van der Waals surface area contributed by atoms with Gasteiger partial charge in [-0.15, -0.1) is 0 Å². The minimum absolute atomic E-state index is 0.481. The van der Waals surface area contributed by atoms with Crippen LogP contribution in [0.25, 0.3) is 17.4 Å². The molecule has 4 rings (SSSR count). The van der Waals surface area contributed by atoms with Crippen molar-refractivity contribution in [3.63, 3.8) is 0 Å². The third-order valence-corrected chi connectivity index (χ3v) is 4.88. The largest absolute Gasteiger partial charge is 0.453 e. The first-order valence-electron chi connectivity index (χ1n) is 9.27. The van der Waals surface area contributed by atoms with E-state index in [-0.39, 0.29) is 0 Å². The highest BCUT2D eigenvalue weighted by Crippen LogP contribution is 2.37. The van der Waals surface area contributed by atoms with Crippen molar-refractivity contribution in [2.75, 3.05) is 32.1 Å². The molecule has 1 heterocycles. The average Bonchev–Trinajstić information content (AvgIpc) is 2.72. The fraction of sp³-hybridized carbons (Fsp3) is 0.227. The Kier molecular flexibility index (Phi) is 5.32. The van der Waals surface area contributed by atoms with Gasteiger partial charge in [-0.1, -0.05) is 37.2 Å². The maximum absolute atomic E-state index is 6.21. The Hall–Kier alpha value is -2.83. The zero-order valence-corrected chi connectivity index (χ0v) is 16.1. The lowest BCUT2D eigenvalue weighted by atomic mass is 9.76. The first-order valence-corrected chi connectivity index (χ1v) is 9.27. The molecule has 0 bridgehead atoms. The standard InChI is InChI=1S/C22H22BN2O3/c1-15-12-21-22(18-7-5-4-6-17(15)18)24-19-9-8-16(13-20(19)28-21)25(2)11-10-23-14-27-26-3/h4-9,12-13H,1,10-11,14H2,2-3H3. The van der Waals surface area contributed by atoms with Crippen LogP contribution in [0, 0.1) is 0 Å². The summed E-state index contributed by atoms with van der Waals surface area (Å²) in [5.41, 5.74) is 1.92. The van der Waals surface area contributed by atoms with Crippen molar-refractivity contribution in [2.45, 2.75) is 6.32 Å². The quantitative estimate of drug-likeness (QED) is 0.216. The van der Waals surface area contributed by atoms with E-state index < -0.39 is 0 Å². The zero-order chi connectivity index (χ0) is 19.5. The van der Waals surface area contributed by atoms with Gasteiger partial charge in [0, 0.05) is 37.2 Å². The molecular weight excluding hydrogens is 351 g/mol. The van der Waals surface area contributed by atoms with E-state index in [4.69, 9.17) is 14.6 Å². The van der Waals surface area contributed by atoms with E-state index in [0.29, 0.717) is 6.51 Å². The molecule has 28 heavy (non-hydrogen) atoms. The molecule has 3 aromatic rings. The van der Waals surface area contributed by atoms with Crippen molar-refractivity contribution in [2.24, 2.45) is 4.99 Å². The molecule has 0 atom stereocenters. The highest BCUT2D eigenvalue weighted by molar-refractivity contribution is 6.35. The van der Waals surface area contributed by atoms with Crippen molar-refractivity contribution in [3.8, 4) is 11.5 Å². The predicted molar refractivity (Wildman–Crippen MR) is 113 cm³/mol. The molecule has 1 aliphatic heterocycles. The molecule has 1 aliphatic rings. The summed E-state index contributed by atoms with van der Waals surface area (Å²) in [5, 5.41) is 3.97. The van der Waals surface area contributed by atoms with Gasteiger partial charge >= 0.3 is 0 Å². The summed E-state index contributed by atoms with van der Waals surface area (Å²) in [6.45, 7) is 5.51. The SMILES string of the molecule is C=c1cc2c(c3ccccc13)=Nc1ccc(N(C)CC[B]COOC)cc1O2. The van der Waals surface area contributed by atoms with Crippen LogP contribution in [0.15, 0.2) is 53.5 Å². The lowest BCUT2D eigenvalue weighted by Crippen LogP contribution is -2.21. The molecule has 141 valence electrons. The summed E-state index contributed by atoms with van der Waals surface area (Å²) >= 11 is 0. The molecule has 0 aromatic heterocycles. The second-order valence-corrected chi connectivity index (χ2v) is 6.74. The normalized spacial score (nSPS) is 11.9. The van der Waals surface area contributed by atoms with Gasteiger partial charge in [-0.3, -0.25) is 0 Å². The molecular formula is C22H22BN2O3. The van der Waals surface area contributed by atoms with Gasteiger partial charge in [-0.2, -0.15) is 0 Å². The number of hydrogen-bond donors (Lipinski definition) is 0. The van der Waals surface area contributed by atoms with Crippen LogP contribution in [0.4, 0.5) is 11.4 Å². The lowest BCUT2D eigenvalue weighted by Gasteiger charge is -2.22. The predicted octanol–water partition coefficient (Wildman–Crippen LogP) is 3.40. The highest BCUT2D eigenvalue weighted by atomic mass is 17.2. The van der Waals surface area contributed by atoms with Crippen LogP contribution in [0.1, 0.15) is 0 Å². The second-order valence-electron chi connectivity index (χ2n) is 6.74. The first kappa shape index (κ1) is 18.5. The van der Waals surface area contributed by atoms with Crippen molar-refractivity contribution >= 4 is 36.0 Å². The Morgan fingerprint density at radius 2 is 1.93 bits per heavy atom. The highest BCUT2D eigenvalue weighted by Gasteiger charge is 2.16. The Morgan fingerprint density at radius 1 is 1.11 bits per heavy atom. The molecule has 1 radical (unpaired) electrons. The molecule has 6 heteroatoms. The number of anilines is 1. The fourth-order valence-corrected chi connectivity index (χ4v) is 3.37. The molecule has 0 fully saturated rings. The van der Waals surface area contributed by atoms with Gasteiger partial charge in [0.15, 0.2) is 18.8 Å². The fourth-order valence-electron chi connectivity index (χ4n) is 3.37. The van der Waals surface area contributed by atoms with Gasteiger partial charge in [0.05, 0.1) is 7.11 Å². The molecule has 0 spiro atoms. The number of hydrogen-bond acceptors (Lipinski definition) is 5. The summed E-state index contributed by atoms with van der Waals surface area (Å²) in [7, 11) is 5.61. The van der Waals surface area contributed by atoms with E-state index in [0.717, 1.165) is 57.1 Å². The molecule has 0 saturated carbocycles. The van der Waals surface area contributed by atoms with Crippen LogP contribution >= 0.6 is 0 Å². The van der Waals surface area contributed by atoms with E-state index in [2.05, 4.69) is 41.6 Å². The van der Waals surface area contributed by atoms with Gasteiger partial charge in [0.25, 0.3) is 0 Å². The topological polar surface area (TPSA) is 43.3 Å². The summed E-state index contributed by atoms with van der Waals surface area (Å²) in [6, 6.07) is 16.2. The van der Waals surface area contributed by atoms with Crippen LogP contribution in [0.3, 0.4) is 0 Å². The van der Waals surface area contributed by atoms with E-state index >= 15 is 0 Å². The van der Waals surface area contributed by atoms with Crippen LogP contribution in [-0.4, -0.2) is 34.5 Å². The maximum atomic E-state index is 6.21. The lowest BCUT2D eigenvalue weighted by molar-refractivity contribution is -0.257. The summed E-state index contributed by atoms with van der Waals surface area (Å²) in [6.07, 6.45) is 0.891. The van der Waals surface area contributed by atoms with E-state index in [1.165, 1.54) is 7.11 Å². The summed E-state index contributed by atoms with van der Waals surface area (Å²) in [5.74, 6) is 1.51. The van der Waals surface area contributed by atoms with E-state index in [9.17, 15) is 0 Å². The van der Waals surface area contributed by atoms with Gasteiger partial charge in [-0.25, -0.2) is 14.8 Å². The monoisotopic (exact) mass is 373 g/mol. The van der Waals surface area contributed by atoms with Gasteiger partial charge in [-0.05, 0) is 28.8 Å². The number of nitrogens with zero attached hydrogens (tertiary/aromatic N) is 2. The van der Waals surface area contributed by atoms with Crippen LogP contribution in [-0.2, 0) is 9.78 Å². The Morgan fingerprint density at radius 3 is 2.75 bits per heavy atom. The van der Waals surface area contributed by atoms with Gasteiger partial charge < -0.3 is 9.64 Å². The van der Waals surface area contributed by atoms with Crippen LogP contribution in [0.2, 0.25) is 6.32 Å². The second kappa shape index (κ2) is 8.04. The molecule has 0 saturated heterocycles. The number of ether oxygens (including phenoxy) is 1. The van der Waals surface area contributed by atoms with Crippen molar-refractivity contribution in [3.05, 3.63) is 59.1 Å². The molecule has 0 unspecified atom stereocenters. The third kappa shape index (κ3) is 3.61. The number of rotatable bonds is 7. The Labute approximate surface area is 165 Å². The number of fused-ring (bicyclic) bond motifs is 4. The van der Waals surface area contributed by atoms with Crippen LogP contribution < -0.4 is 20.2 Å².